The summed E-state index contributed by atoms with van der Waals surface area (Å²) in [5.74, 6) is 0. The van der Waals surface area contributed by atoms with E-state index in [0.29, 0.717) is 32.0 Å². The van der Waals surface area contributed by atoms with Crippen molar-refractivity contribution in [2.75, 3.05) is 38.7 Å². The third-order valence-electron chi connectivity index (χ3n) is 2.59. The standard InChI is InChI=1S/C10H15N3O3S/c1-11-9-3-2-4-12-10(9)17(14,15)13-5-7-16-8-6-13/h2-4,11H,5-8H2,1H3. The Morgan fingerprint density at radius 2 is 2.12 bits per heavy atom. The molecule has 0 saturated carbocycles. The van der Waals surface area contributed by atoms with Gasteiger partial charge >= 0.3 is 0 Å². The van der Waals surface area contributed by atoms with Gasteiger partial charge in [-0.25, -0.2) is 13.4 Å². The van der Waals surface area contributed by atoms with Crippen molar-refractivity contribution in [2.45, 2.75) is 5.03 Å². The summed E-state index contributed by atoms with van der Waals surface area (Å²) in [5, 5.41) is 2.91. The first-order valence-electron chi connectivity index (χ1n) is 5.37. The molecule has 0 aliphatic carbocycles. The second-order valence-electron chi connectivity index (χ2n) is 3.62. The number of hydrogen-bond acceptors (Lipinski definition) is 5. The maximum atomic E-state index is 12.3. The van der Waals surface area contributed by atoms with E-state index in [0.717, 1.165) is 0 Å². The molecule has 0 atom stereocenters. The molecule has 1 aromatic heterocycles. The first kappa shape index (κ1) is 12.3. The largest absolute Gasteiger partial charge is 0.386 e. The van der Waals surface area contributed by atoms with Crippen LogP contribution >= 0.6 is 0 Å². The number of rotatable bonds is 3. The van der Waals surface area contributed by atoms with Gasteiger partial charge in [-0.05, 0) is 12.1 Å². The van der Waals surface area contributed by atoms with Crippen LogP contribution < -0.4 is 5.32 Å². The molecule has 6 nitrogen and oxygen atoms in total. The lowest BCUT2D eigenvalue weighted by atomic mass is 10.4. The number of anilines is 1. The van der Waals surface area contributed by atoms with Crippen LogP contribution in [0.5, 0.6) is 0 Å². The Labute approximate surface area is 101 Å². The molecule has 0 unspecified atom stereocenters. The Bertz CT molecular complexity index is 483. The Morgan fingerprint density at radius 1 is 1.41 bits per heavy atom. The highest BCUT2D eigenvalue weighted by Gasteiger charge is 2.29. The monoisotopic (exact) mass is 257 g/mol. The third kappa shape index (κ3) is 2.41. The Balaban J connectivity index is 2.36. The van der Waals surface area contributed by atoms with Crippen LogP contribution in [0.25, 0.3) is 0 Å². The fraction of sp³-hybridized carbons (Fsp3) is 0.500. The van der Waals surface area contributed by atoms with E-state index in [2.05, 4.69) is 10.3 Å². The highest BCUT2D eigenvalue weighted by Crippen LogP contribution is 2.22. The molecule has 2 rings (SSSR count). The first-order chi connectivity index (χ1) is 8.16. The predicted octanol–water partition coefficient (Wildman–Crippen LogP) is 0.144. The summed E-state index contributed by atoms with van der Waals surface area (Å²) in [6, 6.07) is 3.39. The Hall–Kier alpha value is -1.18. The molecule has 7 heteroatoms. The average molecular weight is 257 g/mol. The minimum absolute atomic E-state index is 0.0735. The average Bonchev–Trinajstić information content (AvgIpc) is 2.39. The Kier molecular flexibility index (Phi) is 3.60. The van der Waals surface area contributed by atoms with Gasteiger partial charge in [0.1, 0.15) is 0 Å². The van der Waals surface area contributed by atoms with Gasteiger partial charge in [0, 0.05) is 26.3 Å². The van der Waals surface area contributed by atoms with Gasteiger partial charge in [0.15, 0.2) is 5.03 Å². The fourth-order valence-electron chi connectivity index (χ4n) is 1.70. The molecular formula is C10H15N3O3S. The number of aromatic nitrogens is 1. The zero-order chi connectivity index (χ0) is 12.3. The van der Waals surface area contributed by atoms with Crippen LogP contribution in [-0.4, -0.2) is 51.1 Å². The van der Waals surface area contributed by atoms with Crippen LogP contribution in [0.2, 0.25) is 0 Å². The molecule has 17 heavy (non-hydrogen) atoms. The van der Waals surface area contributed by atoms with Gasteiger partial charge in [-0.2, -0.15) is 4.31 Å². The highest BCUT2D eigenvalue weighted by atomic mass is 32.2. The fourth-order valence-corrected chi connectivity index (χ4v) is 3.21. The molecule has 0 bridgehead atoms. The first-order valence-corrected chi connectivity index (χ1v) is 6.81. The van der Waals surface area contributed by atoms with Crippen LogP contribution in [0, 0.1) is 0 Å². The van der Waals surface area contributed by atoms with E-state index in [1.165, 1.54) is 10.5 Å². The molecule has 1 aliphatic heterocycles. The van der Waals surface area contributed by atoms with Gasteiger partial charge in [-0.3, -0.25) is 0 Å². The van der Waals surface area contributed by atoms with Gasteiger partial charge in [-0.1, -0.05) is 0 Å². The lowest BCUT2D eigenvalue weighted by Crippen LogP contribution is -2.41. The number of sulfonamides is 1. The molecule has 0 aromatic carbocycles. The number of morpholine rings is 1. The summed E-state index contributed by atoms with van der Waals surface area (Å²) >= 11 is 0. The number of pyridine rings is 1. The molecule has 1 N–H and O–H groups in total. The normalized spacial score (nSPS) is 17.9. The van der Waals surface area contributed by atoms with E-state index in [1.807, 2.05) is 0 Å². The molecule has 0 amide bonds. The maximum Gasteiger partial charge on any atom is 0.262 e. The summed E-state index contributed by atoms with van der Waals surface area (Å²) in [4.78, 5) is 3.96. The molecule has 1 aliphatic rings. The third-order valence-corrected chi connectivity index (χ3v) is 4.45. The van der Waals surface area contributed by atoms with Gasteiger partial charge in [0.25, 0.3) is 10.0 Å². The molecule has 0 radical (unpaired) electrons. The summed E-state index contributed by atoms with van der Waals surface area (Å²) in [6.45, 7) is 1.62. The van der Waals surface area contributed by atoms with Crippen molar-refractivity contribution in [3.63, 3.8) is 0 Å². The molecule has 94 valence electrons. The van der Waals surface area contributed by atoms with Crippen molar-refractivity contribution >= 4 is 15.7 Å². The molecule has 0 spiro atoms. The van der Waals surface area contributed by atoms with E-state index < -0.39 is 10.0 Å². The molecule has 1 fully saturated rings. The maximum absolute atomic E-state index is 12.3. The summed E-state index contributed by atoms with van der Waals surface area (Å²) < 4.78 is 31.2. The van der Waals surface area contributed by atoms with Crippen LogP contribution in [0.4, 0.5) is 5.69 Å². The highest BCUT2D eigenvalue weighted by molar-refractivity contribution is 7.89. The zero-order valence-electron chi connectivity index (χ0n) is 9.59. The van der Waals surface area contributed by atoms with Gasteiger partial charge in [-0.15, -0.1) is 0 Å². The van der Waals surface area contributed by atoms with Crippen molar-refractivity contribution in [2.24, 2.45) is 0 Å². The number of nitrogens with zero attached hydrogens (tertiary/aromatic N) is 2. The van der Waals surface area contributed by atoms with E-state index in [1.54, 1.807) is 19.2 Å². The van der Waals surface area contributed by atoms with E-state index in [-0.39, 0.29) is 5.03 Å². The van der Waals surface area contributed by atoms with E-state index in [9.17, 15) is 8.42 Å². The molecule has 2 heterocycles. The Morgan fingerprint density at radius 3 is 2.76 bits per heavy atom. The molecule has 1 saturated heterocycles. The van der Waals surface area contributed by atoms with E-state index >= 15 is 0 Å². The van der Waals surface area contributed by atoms with Gasteiger partial charge < -0.3 is 10.1 Å². The summed E-state index contributed by atoms with van der Waals surface area (Å²) in [6.07, 6.45) is 1.48. The molecule has 1 aromatic rings. The van der Waals surface area contributed by atoms with Crippen molar-refractivity contribution in [3.05, 3.63) is 18.3 Å². The van der Waals surface area contributed by atoms with Crippen molar-refractivity contribution < 1.29 is 13.2 Å². The number of nitrogens with one attached hydrogen (secondary N) is 1. The van der Waals surface area contributed by atoms with Crippen molar-refractivity contribution in [1.29, 1.82) is 0 Å². The number of ether oxygens (including phenoxy) is 1. The second-order valence-corrected chi connectivity index (χ2v) is 5.48. The van der Waals surface area contributed by atoms with Gasteiger partial charge in [0.05, 0.1) is 18.9 Å². The predicted molar refractivity (Wildman–Crippen MR) is 63.4 cm³/mol. The minimum Gasteiger partial charge on any atom is -0.386 e. The minimum atomic E-state index is -3.53. The van der Waals surface area contributed by atoms with Crippen LogP contribution in [0.15, 0.2) is 23.4 Å². The quantitative estimate of drug-likeness (QED) is 0.834. The van der Waals surface area contributed by atoms with Crippen molar-refractivity contribution in [3.8, 4) is 0 Å². The van der Waals surface area contributed by atoms with Crippen molar-refractivity contribution in [1.82, 2.24) is 9.29 Å². The van der Waals surface area contributed by atoms with Crippen LogP contribution in [-0.2, 0) is 14.8 Å². The smallest absolute Gasteiger partial charge is 0.262 e. The summed E-state index contributed by atoms with van der Waals surface area (Å²) in [5.41, 5.74) is 0.513. The lowest BCUT2D eigenvalue weighted by molar-refractivity contribution is 0.0729. The van der Waals surface area contributed by atoms with Crippen LogP contribution in [0.3, 0.4) is 0 Å². The zero-order valence-corrected chi connectivity index (χ0v) is 10.4. The lowest BCUT2D eigenvalue weighted by Gasteiger charge is -2.26. The van der Waals surface area contributed by atoms with E-state index in [4.69, 9.17) is 4.74 Å². The van der Waals surface area contributed by atoms with Gasteiger partial charge in [0.2, 0.25) is 0 Å². The second kappa shape index (κ2) is 4.99. The number of hydrogen-bond donors (Lipinski definition) is 1. The summed E-state index contributed by atoms with van der Waals surface area (Å²) in [7, 11) is -1.85. The molecular weight excluding hydrogens is 242 g/mol. The topological polar surface area (TPSA) is 71.5 Å². The SMILES string of the molecule is CNc1cccnc1S(=O)(=O)N1CCOCC1. The van der Waals surface area contributed by atoms with Crippen LogP contribution in [0.1, 0.15) is 0 Å².